The fourth-order valence-electron chi connectivity index (χ4n) is 2.81. The van der Waals surface area contributed by atoms with E-state index in [0.717, 1.165) is 17.4 Å². The molecular formula is C19H23ClN2O3S. The van der Waals surface area contributed by atoms with Gasteiger partial charge < -0.3 is 5.32 Å². The van der Waals surface area contributed by atoms with Gasteiger partial charge in [-0.05, 0) is 61.7 Å². The Balaban J connectivity index is 2.40. The number of benzene rings is 2. The molecule has 0 radical (unpaired) electrons. The highest BCUT2D eigenvalue weighted by Gasteiger charge is 2.31. The van der Waals surface area contributed by atoms with Crippen LogP contribution in [-0.2, 0) is 14.8 Å². The van der Waals surface area contributed by atoms with Gasteiger partial charge in [-0.25, -0.2) is 8.42 Å². The van der Waals surface area contributed by atoms with Gasteiger partial charge in [-0.1, -0.05) is 30.7 Å². The van der Waals surface area contributed by atoms with Gasteiger partial charge in [0.2, 0.25) is 15.9 Å². The van der Waals surface area contributed by atoms with Crippen LogP contribution in [0, 0.1) is 13.8 Å². The minimum Gasteiger partial charge on any atom is -0.324 e. The maximum Gasteiger partial charge on any atom is 0.248 e. The Labute approximate surface area is 160 Å². The number of sulfonamides is 1. The van der Waals surface area contributed by atoms with Crippen LogP contribution in [0.5, 0.6) is 0 Å². The summed E-state index contributed by atoms with van der Waals surface area (Å²) in [5, 5.41) is 3.40. The molecule has 0 aliphatic rings. The molecule has 26 heavy (non-hydrogen) atoms. The smallest absolute Gasteiger partial charge is 0.248 e. The van der Waals surface area contributed by atoms with Gasteiger partial charge in [-0.15, -0.1) is 0 Å². The molecule has 7 heteroatoms. The molecule has 0 unspecified atom stereocenters. The second-order valence-corrected chi connectivity index (χ2v) is 8.57. The number of rotatable bonds is 6. The minimum absolute atomic E-state index is 0.333. The van der Waals surface area contributed by atoms with Gasteiger partial charge in [-0.2, -0.15) is 0 Å². The Morgan fingerprint density at radius 1 is 1.19 bits per heavy atom. The van der Waals surface area contributed by atoms with Crippen molar-refractivity contribution >= 4 is 38.9 Å². The molecule has 5 nitrogen and oxygen atoms in total. The van der Waals surface area contributed by atoms with Gasteiger partial charge in [0.1, 0.15) is 6.04 Å². The Bertz CT molecular complexity index is 913. The third-order valence-electron chi connectivity index (χ3n) is 4.03. The molecule has 0 fully saturated rings. The van der Waals surface area contributed by atoms with Crippen molar-refractivity contribution in [3.63, 3.8) is 0 Å². The van der Waals surface area contributed by atoms with Crippen LogP contribution in [-0.4, -0.2) is 26.6 Å². The first-order valence-corrected chi connectivity index (χ1v) is 10.5. The zero-order valence-corrected chi connectivity index (χ0v) is 16.9. The van der Waals surface area contributed by atoms with Crippen LogP contribution in [0.15, 0.2) is 42.5 Å². The quantitative estimate of drug-likeness (QED) is 0.800. The Morgan fingerprint density at radius 3 is 2.42 bits per heavy atom. The van der Waals surface area contributed by atoms with Crippen molar-refractivity contribution in [2.45, 2.75) is 33.2 Å². The lowest BCUT2D eigenvalue weighted by Gasteiger charge is -2.30. The maximum atomic E-state index is 12.9. The summed E-state index contributed by atoms with van der Waals surface area (Å²) in [6.45, 7) is 5.49. The van der Waals surface area contributed by atoms with E-state index >= 15 is 0 Å². The van der Waals surface area contributed by atoms with Gasteiger partial charge in [0.15, 0.2) is 0 Å². The zero-order valence-electron chi connectivity index (χ0n) is 15.3. The third kappa shape index (κ3) is 4.77. The monoisotopic (exact) mass is 394 g/mol. The number of halogens is 1. The molecule has 0 heterocycles. The molecule has 0 saturated carbocycles. The van der Waals surface area contributed by atoms with E-state index in [-0.39, 0.29) is 5.91 Å². The number of nitrogens with zero attached hydrogens (tertiary/aromatic N) is 1. The van der Waals surface area contributed by atoms with E-state index in [1.807, 2.05) is 19.9 Å². The first kappa shape index (κ1) is 20.3. The number of nitrogens with one attached hydrogen (secondary N) is 1. The van der Waals surface area contributed by atoms with Crippen molar-refractivity contribution in [3.05, 3.63) is 58.6 Å². The Hall–Kier alpha value is -2.05. The predicted molar refractivity (Wildman–Crippen MR) is 107 cm³/mol. The molecule has 0 aliphatic carbocycles. The predicted octanol–water partition coefficient (Wildman–Crippen LogP) is 4.14. The van der Waals surface area contributed by atoms with Crippen molar-refractivity contribution in [2.75, 3.05) is 15.9 Å². The fourth-order valence-corrected chi connectivity index (χ4v) is 4.24. The molecule has 1 amide bonds. The molecular weight excluding hydrogens is 372 g/mol. The number of aryl methyl sites for hydroxylation is 2. The van der Waals surface area contributed by atoms with Crippen molar-refractivity contribution in [2.24, 2.45) is 0 Å². The van der Waals surface area contributed by atoms with Crippen LogP contribution in [0.3, 0.4) is 0 Å². The average molecular weight is 395 g/mol. The van der Waals surface area contributed by atoms with Crippen LogP contribution in [0.4, 0.5) is 11.4 Å². The normalized spacial score (nSPS) is 12.5. The number of hydrogen-bond donors (Lipinski definition) is 1. The van der Waals surface area contributed by atoms with Crippen LogP contribution >= 0.6 is 11.6 Å². The lowest BCUT2D eigenvalue weighted by atomic mass is 10.1. The van der Waals surface area contributed by atoms with E-state index in [2.05, 4.69) is 5.32 Å². The topological polar surface area (TPSA) is 66.5 Å². The summed E-state index contributed by atoms with van der Waals surface area (Å²) in [5.74, 6) is -0.384. The maximum absolute atomic E-state index is 12.9. The summed E-state index contributed by atoms with van der Waals surface area (Å²) in [7, 11) is -3.65. The molecule has 2 aromatic carbocycles. The zero-order chi connectivity index (χ0) is 19.5. The van der Waals surface area contributed by atoms with E-state index < -0.39 is 16.1 Å². The first-order chi connectivity index (χ1) is 12.1. The Kier molecular flexibility index (Phi) is 6.31. The summed E-state index contributed by atoms with van der Waals surface area (Å²) in [6.07, 6.45) is 1.44. The second-order valence-electron chi connectivity index (χ2n) is 6.27. The van der Waals surface area contributed by atoms with Crippen LogP contribution in [0.25, 0.3) is 0 Å². The molecule has 1 N–H and O–H groups in total. The summed E-state index contributed by atoms with van der Waals surface area (Å²) in [6, 6.07) is 11.4. The van der Waals surface area contributed by atoms with E-state index in [9.17, 15) is 13.2 Å². The highest BCUT2D eigenvalue weighted by atomic mass is 35.5. The summed E-state index contributed by atoms with van der Waals surface area (Å²) < 4.78 is 26.1. The highest BCUT2D eigenvalue weighted by molar-refractivity contribution is 7.92. The van der Waals surface area contributed by atoms with Gasteiger partial charge in [0, 0.05) is 10.7 Å². The van der Waals surface area contributed by atoms with Crippen molar-refractivity contribution in [3.8, 4) is 0 Å². The van der Waals surface area contributed by atoms with E-state index in [4.69, 9.17) is 11.6 Å². The van der Waals surface area contributed by atoms with E-state index in [1.54, 1.807) is 43.3 Å². The van der Waals surface area contributed by atoms with Crippen molar-refractivity contribution < 1.29 is 13.2 Å². The number of carbonyl (C=O) groups excluding carboxylic acids is 1. The number of amides is 1. The number of hydrogen-bond acceptors (Lipinski definition) is 3. The first-order valence-electron chi connectivity index (χ1n) is 8.26. The molecule has 0 aliphatic heterocycles. The third-order valence-corrected chi connectivity index (χ3v) is 5.45. The summed E-state index contributed by atoms with van der Waals surface area (Å²) >= 11 is 5.95. The van der Waals surface area contributed by atoms with E-state index in [0.29, 0.717) is 22.8 Å². The highest BCUT2D eigenvalue weighted by Crippen LogP contribution is 2.25. The largest absolute Gasteiger partial charge is 0.324 e. The summed E-state index contributed by atoms with van der Waals surface area (Å²) in [5.41, 5.74) is 2.81. The SMILES string of the molecule is CC[C@H](C(=O)Nc1ccc(Cl)cc1C)N(c1cccc(C)c1)S(C)(=O)=O. The number of anilines is 2. The minimum atomic E-state index is -3.65. The van der Waals surface area contributed by atoms with Crippen molar-refractivity contribution in [1.29, 1.82) is 0 Å². The summed E-state index contributed by atoms with van der Waals surface area (Å²) in [4.78, 5) is 12.9. The molecule has 140 valence electrons. The lowest BCUT2D eigenvalue weighted by molar-refractivity contribution is -0.117. The average Bonchev–Trinajstić information content (AvgIpc) is 2.53. The number of carbonyl (C=O) groups is 1. The Morgan fingerprint density at radius 2 is 1.88 bits per heavy atom. The van der Waals surface area contributed by atoms with Gasteiger partial charge in [0.05, 0.1) is 11.9 Å². The fraction of sp³-hybridized carbons (Fsp3) is 0.316. The molecule has 2 aromatic rings. The molecule has 1 atom stereocenters. The van der Waals surface area contributed by atoms with Crippen LogP contribution in [0.2, 0.25) is 5.02 Å². The van der Waals surface area contributed by atoms with Crippen LogP contribution in [0.1, 0.15) is 24.5 Å². The standard InChI is InChI=1S/C19H23ClN2O3S/c1-5-18(19(23)21-17-10-9-15(20)12-14(17)3)22(26(4,24)25)16-8-6-7-13(2)11-16/h6-12,18H,5H2,1-4H3,(H,21,23)/t18-/m1/s1. The van der Waals surface area contributed by atoms with Gasteiger partial charge in [-0.3, -0.25) is 9.10 Å². The molecule has 0 spiro atoms. The van der Waals surface area contributed by atoms with E-state index in [1.165, 1.54) is 4.31 Å². The van der Waals surface area contributed by atoms with Crippen LogP contribution < -0.4 is 9.62 Å². The van der Waals surface area contributed by atoms with Gasteiger partial charge >= 0.3 is 0 Å². The second kappa shape index (κ2) is 8.10. The van der Waals surface area contributed by atoms with Gasteiger partial charge in [0.25, 0.3) is 0 Å². The lowest BCUT2D eigenvalue weighted by Crippen LogP contribution is -2.47. The molecule has 0 aromatic heterocycles. The van der Waals surface area contributed by atoms with Crippen molar-refractivity contribution in [1.82, 2.24) is 0 Å². The molecule has 0 bridgehead atoms. The molecule has 0 saturated heterocycles. The molecule has 2 rings (SSSR count).